The zero-order valence-corrected chi connectivity index (χ0v) is 38.9. The number of hydrogen-bond donors (Lipinski definition) is 3. The molecule has 12 rings (SSSR count). The third-order valence-electron chi connectivity index (χ3n) is 19.2. The molecule has 6 fully saturated rings. The van der Waals surface area contributed by atoms with E-state index in [-0.39, 0.29) is 57.2 Å². The summed E-state index contributed by atoms with van der Waals surface area (Å²) in [6.45, 7) is 11.5. The Balaban J connectivity index is 0.977. The molecule has 1 heterocycles. The van der Waals surface area contributed by atoms with Crippen LogP contribution in [0.15, 0.2) is 88.9 Å². The lowest BCUT2D eigenvalue weighted by molar-refractivity contribution is -0.179. The predicted octanol–water partition coefficient (Wildman–Crippen LogP) is 11.3. The van der Waals surface area contributed by atoms with E-state index in [0.717, 1.165) is 55.8 Å². The summed E-state index contributed by atoms with van der Waals surface area (Å²) in [5.74, 6) is 1.50. The summed E-state index contributed by atoms with van der Waals surface area (Å²) >= 11 is 6.45. The molecule has 9 aliphatic carbocycles. The number of Topliss-reactive ketones (excluding diaryl/α,β-unsaturated/α-hetero) is 1. The van der Waals surface area contributed by atoms with Gasteiger partial charge in [0.05, 0.1) is 41.6 Å². The molecule has 0 saturated heterocycles. The average Bonchev–Trinajstić information content (AvgIpc) is 3.86. The molecule has 350 valence electrons. The number of ketones is 1. The van der Waals surface area contributed by atoms with Crippen molar-refractivity contribution in [2.75, 3.05) is 26.2 Å². The van der Waals surface area contributed by atoms with Crippen molar-refractivity contribution in [1.82, 2.24) is 4.90 Å². The highest BCUT2D eigenvalue weighted by Gasteiger charge is 2.74. The molecule has 11 heteroatoms. The Labute approximate surface area is 386 Å². The van der Waals surface area contributed by atoms with Gasteiger partial charge in [0, 0.05) is 47.0 Å². The van der Waals surface area contributed by atoms with Crippen molar-refractivity contribution in [2.24, 2.45) is 56.7 Å². The monoisotopic (exact) mass is 915 g/mol. The fraction of sp³-hybridized carbons (Fsp3) is 0.611. The number of alkyl halides is 3. The summed E-state index contributed by atoms with van der Waals surface area (Å²) in [6, 6.07) is 16.1. The van der Waals surface area contributed by atoms with E-state index in [1.807, 2.05) is 30.3 Å². The maximum Gasteiger partial charge on any atom is 0.416 e. The van der Waals surface area contributed by atoms with Crippen LogP contribution in [0.1, 0.15) is 114 Å². The lowest BCUT2D eigenvalue weighted by Crippen LogP contribution is -2.67. The first-order chi connectivity index (χ1) is 30.7. The van der Waals surface area contributed by atoms with E-state index in [4.69, 9.17) is 20.8 Å². The molecular formula is C54H65ClF3NO6. The predicted molar refractivity (Wildman–Crippen MR) is 244 cm³/mol. The van der Waals surface area contributed by atoms with E-state index in [1.165, 1.54) is 31.0 Å². The van der Waals surface area contributed by atoms with Crippen LogP contribution in [0.5, 0.6) is 0 Å². The number of aliphatic hydroxyl groups is 3. The Morgan fingerprint density at radius 3 is 2.42 bits per heavy atom. The summed E-state index contributed by atoms with van der Waals surface area (Å²) in [5, 5.41) is 36.3. The van der Waals surface area contributed by atoms with Crippen LogP contribution in [-0.4, -0.2) is 70.1 Å². The van der Waals surface area contributed by atoms with Gasteiger partial charge in [0.1, 0.15) is 5.76 Å². The molecule has 1 unspecified atom stereocenters. The van der Waals surface area contributed by atoms with Crippen LogP contribution in [0.25, 0.3) is 11.3 Å². The molecule has 1 aromatic heterocycles. The number of carbonyl (C=O) groups excluding carboxylic acids is 1. The third kappa shape index (κ3) is 7.11. The number of benzene rings is 2. The SMILES string of the molecule is CC1(C)[C@H]2CC[C@@H](CN(C[C@@H](O)COCc3ccccc3)C[C@]3(O)CC[C@H]4[C@]56C=C[C@@]7(C=C5C(=O)c5ccc(-c8cc(C(F)(F)F)ccc8Cl)o5)CC(O)CC[C@]7(C)[C@H]6CC[C@@]43C)[C@@H]1C2. The quantitative estimate of drug-likeness (QED) is 0.116. The van der Waals surface area contributed by atoms with Crippen molar-refractivity contribution in [3.63, 3.8) is 0 Å². The average molecular weight is 917 g/mol. The van der Waals surface area contributed by atoms with Gasteiger partial charge in [0.25, 0.3) is 0 Å². The van der Waals surface area contributed by atoms with Crippen LogP contribution < -0.4 is 0 Å². The summed E-state index contributed by atoms with van der Waals surface area (Å²) in [6.07, 6.45) is 9.07. The van der Waals surface area contributed by atoms with Crippen molar-refractivity contribution in [3.8, 4) is 11.3 Å². The number of ether oxygens (including phenoxy) is 1. The van der Waals surface area contributed by atoms with E-state index in [0.29, 0.717) is 62.8 Å². The lowest BCUT2D eigenvalue weighted by atomic mass is 9.32. The highest BCUT2D eigenvalue weighted by atomic mass is 35.5. The second-order valence-corrected chi connectivity index (χ2v) is 22.9. The molecule has 2 aromatic carbocycles. The normalized spacial score (nSPS) is 38.1. The number of aliphatic hydroxyl groups excluding tert-OH is 2. The Hall–Kier alpha value is -3.25. The number of halogens is 4. The number of allylic oxidation sites excluding steroid dienone is 4. The van der Waals surface area contributed by atoms with Crippen molar-refractivity contribution < 1.29 is 42.4 Å². The molecule has 0 radical (unpaired) electrons. The minimum Gasteiger partial charge on any atom is -0.453 e. The standard InChI is InChI=1S/C54H65ClF3NO6/c1-48(2)35-11-10-34(40(48)25-35)28-59(29-38(61)31-64-30-33-8-6-5-7-9-33)32-52(63)21-18-46-50(52,4)20-17-45-49(3)19-16-37(60)26-51(49)22-23-53(45,46)41(27-51)47(62)44-15-14-43(65-44)39-24-36(54(56,57)58)12-13-42(39)55/h5-9,12-15,22-24,27,34-35,37-38,40,45-46,60-61,63H,10-11,16-21,25-26,28-32H2,1-4H3/t34-,35-,37?,38+,40-,45+,46+,49+,50-,51-,52+,53+/m0/s1. The zero-order chi connectivity index (χ0) is 46.0. The number of carbonyl (C=O) groups is 1. The van der Waals surface area contributed by atoms with Crippen LogP contribution in [-0.2, 0) is 17.5 Å². The molecule has 6 saturated carbocycles. The Morgan fingerprint density at radius 2 is 1.68 bits per heavy atom. The molecule has 0 amide bonds. The summed E-state index contributed by atoms with van der Waals surface area (Å²) < 4.78 is 53.7. The highest BCUT2D eigenvalue weighted by molar-refractivity contribution is 6.33. The lowest BCUT2D eigenvalue weighted by Gasteiger charge is -2.71. The maximum absolute atomic E-state index is 15.3. The van der Waals surface area contributed by atoms with Gasteiger partial charge in [-0.3, -0.25) is 9.69 Å². The summed E-state index contributed by atoms with van der Waals surface area (Å²) in [5.41, 5.74) is -2.24. The fourth-order valence-corrected chi connectivity index (χ4v) is 15.8. The molecule has 2 spiro atoms. The maximum atomic E-state index is 15.3. The van der Waals surface area contributed by atoms with Crippen molar-refractivity contribution in [3.05, 3.63) is 106 Å². The summed E-state index contributed by atoms with van der Waals surface area (Å²) in [4.78, 5) is 17.6. The fourth-order valence-electron chi connectivity index (χ4n) is 15.5. The number of fused-ring (bicyclic) bond motifs is 3. The molecule has 7 nitrogen and oxygen atoms in total. The Bertz CT molecular complexity index is 2380. The first kappa shape index (κ1) is 45.5. The van der Waals surface area contributed by atoms with Gasteiger partial charge in [-0.25, -0.2) is 0 Å². The van der Waals surface area contributed by atoms with Gasteiger partial charge in [-0.05, 0) is 141 Å². The smallest absolute Gasteiger partial charge is 0.416 e. The first-order valence-electron chi connectivity index (χ1n) is 24.1. The zero-order valence-electron chi connectivity index (χ0n) is 38.2. The van der Waals surface area contributed by atoms with E-state index in [2.05, 4.69) is 50.8 Å². The number of rotatable bonds is 13. The third-order valence-corrected chi connectivity index (χ3v) is 19.5. The van der Waals surface area contributed by atoms with Gasteiger partial charge in [0.15, 0.2) is 5.76 Å². The molecule has 0 aliphatic heterocycles. The summed E-state index contributed by atoms with van der Waals surface area (Å²) in [7, 11) is 0. The molecule has 12 atom stereocenters. The van der Waals surface area contributed by atoms with E-state index in [9.17, 15) is 28.5 Å². The topological polar surface area (TPSA) is 103 Å². The van der Waals surface area contributed by atoms with Gasteiger partial charge >= 0.3 is 6.18 Å². The van der Waals surface area contributed by atoms with Crippen molar-refractivity contribution in [2.45, 2.75) is 122 Å². The van der Waals surface area contributed by atoms with Gasteiger partial charge in [-0.1, -0.05) is 87.9 Å². The molecular weight excluding hydrogens is 851 g/mol. The van der Waals surface area contributed by atoms with E-state index >= 15 is 4.79 Å². The Kier molecular flexibility index (Phi) is 11.1. The molecule has 3 N–H and O–H groups in total. The number of furan rings is 1. The Morgan fingerprint density at radius 1 is 0.938 bits per heavy atom. The van der Waals surface area contributed by atoms with Crippen molar-refractivity contribution >= 4 is 17.4 Å². The molecule has 3 aromatic rings. The van der Waals surface area contributed by atoms with Crippen LogP contribution in [0.2, 0.25) is 5.02 Å². The molecule has 65 heavy (non-hydrogen) atoms. The van der Waals surface area contributed by atoms with E-state index in [1.54, 1.807) is 0 Å². The van der Waals surface area contributed by atoms with Gasteiger partial charge in [-0.15, -0.1) is 0 Å². The van der Waals surface area contributed by atoms with Crippen LogP contribution in [0, 0.1) is 56.7 Å². The minimum absolute atomic E-state index is 0.0204. The molecule has 4 bridgehead atoms. The second-order valence-electron chi connectivity index (χ2n) is 22.5. The number of hydrogen-bond acceptors (Lipinski definition) is 7. The molecule has 9 aliphatic rings. The van der Waals surface area contributed by atoms with Gasteiger partial charge < -0.3 is 24.5 Å². The largest absolute Gasteiger partial charge is 0.453 e. The van der Waals surface area contributed by atoms with Gasteiger partial charge in [0.2, 0.25) is 5.78 Å². The van der Waals surface area contributed by atoms with Crippen LogP contribution in [0.4, 0.5) is 13.2 Å². The second kappa shape index (κ2) is 15.9. The van der Waals surface area contributed by atoms with E-state index < -0.39 is 45.8 Å². The minimum atomic E-state index is -4.59. The van der Waals surface area contributed by atoms with Crippen molar-refractivity contribution in [1.29, 1.82) is 0 Å². The van der Waals surface area contributed by atoms with Gasteiger partial charge in [-0.2, -0.15) is 13.2 Å². The first-order valence-corrected chi connectivity index (χ1v) is 24.5. The van der Waals surface area contributed by atoms with Crippen LogP contribution >= 0.6 is 11.6 Å². The van der Waals surface area contributed by atoms with Crippen LogP contribution in [0.3, 0.4) is 0 Å². The highest BCUT2D eigenvalue weighted by Crippen LogP contribution is 2.78. The number of nitrogens with zero attached hydrogens (tertiary/aromatic N) is 1.